The molecule has 0 saturated carbocycles. The molecule has 1 N–H and O–H groups in total. The predicted molar refractivity (Wildman–Crippen MR) is 59.0 cm³/mol. The molecule has 1 aromatic heterocycles. The molecule has 14 heavy (non-hydrogen) atoms. The van der Waals surface area contributed by atoms with Crippen molar-refractivity contribution < 1.29 is 0 Å². The van der Waals surface area contributed by atoms with Crippen molar-refractivity contribution >= 4 is 22.9 Å². The molecule has 1 aromatic carbocycles. The maximum Gasteiger partial charge on any atom is 0.0884 e. The van der Waals surface area contributed by atoms with Crippen LogP contribution in [-0.4, -0.2) is 18.4 Å². The van der Waals surface area contributed by atoms with Gasteiger partial charge in [0.05, 0.1) is 23.7 Å². The first-order valence-electron chi connectivity index (χ1n) is 4.45. The summed E-state index contributed by atoms with van der Waals surface area (Å²) in [5, 5.41) is 3.95. The third-order valence-corrected chi connectivity index (χ3v) is 1.92. The SMILES string of the molecule is CN/C=N/c1cnc2ccccc2c1. The summed E-state index contributed by atoms with van der Waals surface area (Å²) in [6.07, 6.45) is 3.40. The second kappa shape index (κ2) is 3.87. The van der Waals surface area contributed by atoms with Gasteiger partial charge in [-0.25, -0.2) is 4.99 Å². The molecule has 0 aliphatic rings. The summed E-state index contributed by atoms with van der Waals surface area (Å²) in [5.41, 5.74) is 1.86. The number of hydrogen-bond donors (Lipinski definition) is 1. The molecular formula is C11H11N3. The van der Waals surface area contributed by atoms with E-state index in [1.54, 1.807) is 12.5 Å². The Morgan fingerprint density at radius 1 is 1.36 bits per heavy atom. The van der Waals surface area contributed by atoms with Crippen LogP contribution in [0.5, 0.6) is 0 Å². The van der Waals surface area contributed by atoms with Gasteiger partial charge in [0.15, 0.2) is 0 Å². The molecule has 0 aliphatic carbocycles. The Kier molecular flexibility index (Phi) is 2.40. The molecule has 0 radical (unpaired) electrons. The minimum Gasteiger partial charge on any atom is -0.379 e. The average Bonchev–Trinajstić information content (AvgIpc) is 2.26. The molecule has 0 amide bonds. The first kappa shape index (κ1) is 8.69. The minimum absolute atomic E-state index is 0.859. The molecule has 0 unspecified atom stereocenters. The van der Waals surface area contributed by atoms with Crippen LogP contribution in [0.4, 0.5) is 5.69 Å². The zero-order chi connectivity index (χ0) is 9.80. The number of rotatable bonds is 2. The molecular weight excluding hydrogens is 174 g/mol. The number of aromatic nitrogens is 1. The van der Waals surface area contributed by atoms with Gasteiger partial charge >= 0.3 is 0 Å². The van der Waals surface area contributed by atoms with Crippen LogP contribution >= 0.6 is 0 Å². The fourth-order valence-corrected chi connectivity index (χ4v) is 1.27. The van der Waals surface area contributed by atoms with Crippen molar-refractivity contribution in [3.05, 3.63) is 36.5 Å². The van der Waals surface area contributed by atoms with Crippen LogP contribution in [0.25, 0.3) is 10.9 Å². The van der Waals surface area contributed by atoms with Crippen LogP contribution in [0.1, 0.15) is 0 Å². The largest absolute Gasteiger partial charge is 0.379 e. The highest BCUT2D eigenvalue weighted by Crippen LogP contribution is 2.17. The number of nitrogens with zero attached hydrogens (tertiary/aromatic N) is 2. The van der Waals surface area contributed by atoms with Crippen LogP contribution in [0.3, 0.4) is 0 Å². The molecule has 2 aromatic rings. The maximum absolute atomic E-state index is 4.29. The van der Waals surface area contributed by atoms with Gasteiger partial charge in [-0.1, -0.05) is 18.2 Å². The maximum atomic E-state index is 4.29. The summed E-state index contributed by atoms with van der Waals surface area (Å²) in [6, 6.07) is 10.00. The summed E-state index contributed by atoms with van der Waals surface area (Å²) in [7, 11) is 1.82. The Morgan fingerprint density at radius 3 is 3.07 bits per heavy atom. The molecule has 0 fully saturated rings. The van der Waals surface area contributed by atoms with Crippen LogP contribution in [0, 0.1) is 0 Å². The number of para-hydroxylation sites is 1. The smallest absolute Gasteiger partial charge is 0.0884 e. The molecule has 70 valence electrons. The molecule has 0 spiro atoms. The minimum atomic E-state index is 0.859. The highest BCUT2D eigenvalue weighted by Gasteiger charge is 1.93. The van der Waals surface area contributed by atoms with Gasteiger partial charge in [-0.05, 0) is 12.1 Å². The van der Waals surface area contributed by atoms with Gasteiger partial charge in [0.2, 0.25) is 0 Å². The zero-order valence-corrected chi connectivity index (χ0v) is 7.94. The molecule has 2 rings (SSSR count). The van der Waals surface area contributed by atoms with Crippen LogP contribution in [0.15, 0.2) is 41.5 Å². The Labute approximate surface area is 82.5 Å². The van der Waals surface area contributed by atoms with Crippen molar-refractivity contribution in [2.75, 3.05) is 7.05 Å². The Bertz CT molecular complexity index is 463. The van der Waals surface area contributed by atoms with E-state index >= 15 is 0 Å². The number of pyridine rings is 1. The average molecular weight is 185 g/mol. The van der Waals surface area contributed by atoms with Gasteiger partial charge in [-0.2, -0.15) is 0 Å². The van der Waals surface area contributed by atoms with Gasteiger partial charge < -0.3 is 5.32 Å². The quantitative estimate of drug-likeness (QED) is 0.574. The van der Waals surface area contributed by atoms with Gasteiger partial charge in [0.1, 0.15) is 0 Å². The van der Waals surface area contributed by atoms with Gasteiger partial charge in [-0.15, -0.1) is 0 Å². The molecule has 0 atom stereocenters. The van der Waals surface area contributed by atoms with Crippen LogP contribution in [-0.2, 0) is 0 Å². The molecule has 1 heterocycles. The second-order valence-electron chi connectivity index (χ2n) is 2.93. The van der Waals surface area contributed by atoms with Crippen LogP contribution < -0.4 is 5.32 Å². The molecule has 0 bridgehead atoms. The zero-order valence-electron chi connectivity index (χ0n) is 7.94. The van der Waals surface area contributed by atoms with Gasteiger partial charge in [-0.3, -0.25) is 4.98 Å². The van der Waals surface area contributed by atoms with Crippen molar-refractivity contribution in [3.8, 4) is 0 Å². The van der Waals surface area contributed by atoms with E-state index in [1.807, 2.05) is 37.4 Å². The lowest BCUT2D eigenvalue weighted by Crippen LogP contribution is -1.99. The van der Waals surface area contributed by atoms with Gasteiger partial charge in [0.25, 0.3) is 0 Å². The van der Waals surface area contributed by atoms with E-state index in [0.29, 0.717) is 0 Å². The summed E-state index contributed by atoms with van der Waals surface area (Å²) < 4.78 is 0. The molecule has 0 aliphatic heterocycles. The molecule has 3 nitrogen and oxygen atoms in total. The van der Waals surface area contributed by atoms with Crippen molar-refractivity contribution in [3.63, 3.8) is 0 Å². The van der Waals surface area contributed by atoms with E-state index in [0.717, 1.165) is 16.6 Å². The second-order valence-corrected chi connectivity index (χ2v) is 2.93. The first-order chi connectivity index (χ1) is 6.90. The molecule has 0 saturated heterocycles. The lowest BCUT2D eigenvalue weighted by atomic mass is 10.2. The lowest BCUT2D eigenvalue weighted by molar-refractivity contribution is 1.20. The van der Waals surface area contributed by atoms with E-state index < -0.39 is 0 Å². The van der Waals surface area contributed by atoms with Crippen molar-refractivity contribution in [1.29, 1.82) is 0 Å². The normalized spacial score (nSPS) is 10.9. The lowest BCUT2D eigenvalue weighted by Gasteiger charge is -1.97. The third-order valence-electron chi connectivity index (χ3n) is 1.92. The van der Waals surface area contributed by atoms with E-state index in [9.17, 15) is 0 Å². The summed E-state index contributed by atoms with van der Waals surface area (Å²) in [4.78, 5) is 8.47. The van der Waals surface area contributed by atoms with E-state index in [4.69, 9.17) is 0 Å². The monoisotopic (exact) mass is 185 g/mol. The summed E-state index contributed by atoms with van der Waals surface area (Å²) in [5.74, 6) is 0. The van der Waals surface area contributed by atoms with Gasteiger partial charge in [0, 0.05) is 12.4 Å². The first-order valence-corrected chi connectivity index (χ1v) is 4.45. The van der Waals surface area contributed by atoms with Crippen molar-refractivity contribution in [2.45, 2.75) is 0 Å². The summed E-state index contributed by atoms with van der Waals surface area (Å²) in [6.45, 7) is 0. The van der Waals surface area contributed by atoms with Crippen molar-refractivity contribution in [1.82, 2.24) is 10.3 Å². The number of benzene rings is 1. The number of nitrogens with one attached hydrogen (secondary N) is 1. The van der Waals surface area contributed by atoms with Crippen molar-refractivity contribution in [2.24, 2.45) is 4.99 Å². The highest BCUT2D eigenvalue weighted by molar-refractivity contribution is 5.81. The Balaban J connectivity index is 2.46. The Morgan fingerprint density at radius 2 is 2.21 bits per heavy atom. The number of fused-ring (bicyclic) bond motifs is 1. The van der Waals surface area contributed by atoms with E-state index in [1.165, 1.54) is 0 Å². The molecule has 3 heteroatoms. The third kappa shape index (κ3) is 1.71. The fourth-order valence-electron chi connectivity index (χ4n) is 1.27. The predicted octanol–water partition coefficient (Wildman–Crippen LogP) is 2.11. The number of aliphatic imine (C=N–C) groups is 1. The summed E-state index contributed by atoms with van der Waals surface area (Å²) >= 11 is 0. The van der Waals surface area contributed by atoms with E-state index in [2.05, 4.69) is 15.3 Å². The fraction of sp³-hybridized carbons (Fsp3) is 0.0909. The standard InChI is InChI=1S/C11H11N3/c1-12-8-14-10-6-9-4-2-3-5-11(9)13-7-10/h2-8H,1H3,(H,12,14). The highest BCUT2D eigenvalue weighted by atomic mass is 14.9. The van der Waals surface area contributed by atoms with E-state index in [-0.39, 0.29) is 0 Å². The Hall–Kier alpha value is -1.90. The number of hydrogen-bond acceptors (Lipinski definition) is 2. The topological polar surface area (TPSA) is 37.3 Å². The van der Waals surface area contributed by atoms with Crippen LogP contribution in [0.2, 0.25) is 0 Å².